The number of pyridine rings is 1. The highest BCUT2D eigenvalue weighted by Gasteiger charge is 2.15. The predicted octanol–water partition coefficient (Wildman–Crippen LogP) is 3.84. The number of aromatic nitrogens is 3. The summed E-state index contributed by atoms with van der Waals surface area (Å²) >= 11 is 7.33. The minimum atomic E-state index is -0.209. The van der Waals surface area contributed by atoms with Crippen molar-refractivity contribution in [3.05, 3.63) is 94.0 Å². The Morgan fingerprint density at radius 2 is 1.90 bits per heavy atom. The summed E-state index contributed by atoms with van der Waals surface area (Å²) in [5, 5.41) is 4.27. The third kappa shape index (κ3) is 4.53. The zero-order valence-electron chi connectivity index (χ0n) is 15.8. The number of amides is 1. The van der Waals surface area contributed by atoms with E-state index in [4.69, 9.17) is 11.6 Å². The number of carbonyl (C=O) groups is 1. The van der Waals surface area contributed by atoms with Crippen LogP contribution in [-0.4, -0.2) is 26.2 Å². The van der Waals surface area contributed by atoms with E-state index in [-0.39, 0.29) is 17.2 Å². The van der Waals surface area contributed by atoms with Gasteiger partial charge in [0.2, 0.25) is 5.91 Å². The van der Waals surface area contributed by atoms with Crippen LogP contribution in [0.25, 0.3) is 16.6 Å². The molecule has 0 aliphatic heterocycles. The van der Waals surface area contributed by atoms with E-state index in [1.54, 1.807) is 48.7 Å². The molecular formula is C22H17ClN4O2S. The van der Waals surface area contributed by atoms with Gasteiger partial charge in [-0.05, 0) is 42.5 Å². The van der Waals surface area contributed by atoms with Gasteiger partial charge >= 0.3 is 0 Å². The first kappa shape index (κ1) is 20.1. The van der Waals surface area contributed by atoms with Gasteiger partial charge in [0, 0.05) is 11.2 Å². The van der Waals surface area contributed by atoms with Gasteiger partial charge in [-0.2, -0.15) is 0 Å². The number of halogens is 1. The van der Waals surface area contributed by atoms with Crippen LogP contribution in [0.2, 0.25) is 5.02 Å². The minimum Gasteiger partial charge on any atom is -0.350 e. The molecule has 0 aliphatic rings. The molecule has 6 nitrogen and oxygen atoms in total. The van der Waals surface area contributed by atoms with Crippen molar-refractivity contribution in [2.45, 2.75) is 11.7 Å². The number of hydrogen-bond donors (Lipinski definition) is 1. The topological polar surface area (TPSA) is 76.9 Å². The smallest absolute Gasteiger partial charge is 0.266 e. The maximum Gasteiger partial charge on any atom is 0.266 e. The van der Waals surface area contributed by atoms with Crippen molar-refractivity contribution in [2.75, 3.05) is 5.75 Å². The minimum absolute atomic E-state index is 0.109. The standard InChI is InChI=1S/C22H17ClN4O2S/c23-15-6-5-8-17(12-15)27-21(29)18-9-1-2-10-19(18)26-22(27)30-14-20(28)25-13-16-7-3-4-11-24-16/h1-12H,13-14H2,(H,25,28). The number of nitrogens with zero attached hydrogens (tertiary/aromatic N) is 3. The maximum atomic E-state index is 13.2. The van der Waals surface area contributed by atoms with Crippen molar-refractivity contribution in [3.8, 4) is 5.69 Å². The maximum absolute atomic E-state index is 13.2. The van der Waals surface area contributed by atoms with Crippen LogP contribution in [0.5, 0.6) is 0 Å². The molecule has 2 heterocycles. The molecular weight excluding hydrogens is 420 g/mol. The molecule has 0 saturated carbocycles. The van der Waals surface area contributed by atoms with E-state index in [2.05, 4.69) is 15.3 Å². The monoisotopic (exact) mass is 436 g/mol. The fourth-order valence-electron chi connectivity index (χ4n) is 2.93. The van der Waals surface area contributed by atoms with E-state index in [0.29, 0.717) is 33.3 Å². The van der Waals surface area contributed by atoms with Gasteiger partial charge < -0.3 is 5.32 Å². The Kier molecular flexibility index (Phi) is 6.11. The third-order valence-corrected chi connectivity index (χ3v) is 5.51. The van der Waals surface area contributed by atoms with Gasteiger partial charge in [0.05, 0.1) is 34.6 Å². The van der Waals surface area contributed by atoms with Gasteiger partial charge in [-0.1, -0.05) is 47.6 Å². The quantitative estimate of drug-likeness (QED) is 0.367. The molecule has 0 aliphatic carbocycles. The Balaban J connectivity index is 1.61. The number of rotatable bonds is 6. The third-order valence-electron chi connectivity index (χ3n) is 4.34. The second-order valence-corrected chi connectivity index (χ2v) is 7.80. The van der Waals surface area contributed by atoms with Crippen LogP contribution >= 0.6 is 23.4 Å². The van der Waals surface area contributed by atoms with Crippen LogP contribution in [-0.2, 0) is 11.3 Å². The zero-order valence-corrected chi connectivity index (χ0v) is 17.4. The molecule has 2 aromatic carbocycles. The van der Waals surface area contributed by atoms with Crippen molar-refractivity contribution < 1.29 is 4.79 Å². The van der Waals surface area contributed by atoms with E-state index >= 15 is 0 Å². The van der Waals surface area contributed by atoms with E-state index in [1.165, 1.54) is 16.3 Å². The van der Waals surface area contributed by atoms with Crippen molar-refractivity contribution >= 4 is 40.2 Å². The highest BCUT2D eigenvalue weighted by Crippen LogP contribution is 2.22. The van der Waals surface area contributed by atoms with Gasteiger partial charge in [0.1, 0.15) is 0 Å². The lowest BCUT2D eigenvalue weighted by Gasteiger charge is -2.13. The highest BCUT2D eigenvalue weighted by atomic mass is 35.5. The van der Waals surface area contributed by atoms with Crippen LogP contribution < -0.4 is 10.9 Å². The largest absolute Gasteiger partial charge is 0.350 e. The first-order valence-corrected chi connectivity index (χ1v) is 10.6. The Morgan fingerprint density at radius 1 is 1.07 bits per heavy atom. The molecule has 0 radical (unpaired) electrons. The average Bonchev–Trinajstić information content (AvgIpc) is 2.77. The van der Waals surface area contributed by atoms with Gasteiger partial charge in [-0.15, -0.1) is 0 Å². The number of benzene rings is 2. The summed E-state index contributed by atoms with van der Waals surface area (Å²) in [6.45, 7) is 0.340. The number of nitrogens with one attached hydrogen (secondary N) is 1. The summed E-state index contributed by atoms with van der Waals surface area (Å²) in [4.78, 5) is 34.3. The number of hydrogen-bond acceptors (Lipinski definition) is 5. The fourth-order valence-corrected chi connectivity index (χ4v) is 3.95. The van der Waals surface area contributed by atoms with E-state index < -0.39 is 0 Å². The first-order chi connectivity index (χ1) is 14.6. The molecule has 30 heavy (non-hydrogen) atoms. The van der Waals surface area contributed by atoms with Gasteiger partial charge in [-0.25, -0.2) is 4.98 Å². The normalized spacial score (nSPS) is 10.8. The molecule has 0 fully saturated rings. The second kappa shape index (κ2) is 9.11. The Labute approximate surface area is 181 Å². The second-order valence-electron chi connectivity index (χ2n) is 6.42. The number of para-hydroxylation sites is 1. The van der Waals surface area contributed by atoms with Crippen molar-refractivity contribution in [1.82, 2.24) is 19.9 Å². The van der Waals surface area contributed by atoms with Crippen molar-refractivity contribution in [2.24, 2.45) is 0 Å². The molecule has 2 aromatic heterocycles. The molecule has 4 rings (SSSR count). The average molecular weight is 437 g/mol. The van der Waals surface area contributed by atoms with Gasteiger partial charge in [0.15, 0.2) is 5.16 Å². The molecule has 0 bridgehead atoms. The lowest BCUT2D eigenvalue weighted by Crippen LogP contribution is -2.26. The molecule has 150 valence electrons. The van der Waals surface area contributed by atoms with Gasteiger partial charge in [-0.3, -0.25) is 19.1 Å². The molecule has 8 heteroatoms. The number of thioether (sulfide) groups is 1. The molecule has 0 unspecified atom stereocenters. The van der Waals surface area contributed by atoms with Crippen LogP contribution in [0.15, 0.2) is 82.9 Å². The van der Waals surface area contributed by atoms with Gasteiger partial charge in [0.25, 0.3) is 5.56 Å². The Bertz CT molecular complexity index is 1260. The van der Waals surface area contributed by atoms with Crippen molar-refractivity contribution in [1.29, 1.82) is 0 Å². The molecule has 1 N–H and O–H groups in total. The fraction of sp³-hybridized carbons (Fsp3) is 0.0909. The summed E-state index contributed by atoms with van der Waals surface area (Å²) in [7, 11) is 0. The Morgan fingerprint density at radius 3 is 2.70 bits per heavy atom. The molecule has 0 atom stereocenters. The number of fused-ring (bicyclic) bond motifs is 1. The predicted molar refractivity (Wildman–Crippen MR) is 119 cm³/mol. The number of carbonyl (C=O) groups excluding carboxylic acids is 1. The summed E-state index contributed by atoms with van der Waals surface area (Å²) in [5.74, 6) is -0.0660. The molecule has 0 spiro atoms. The van der Waals surface area contributed by atoms with Crippen LogP contribution in [0.4, 0.5) is 0 Å². The SMILES string of the molecule is O=C(CSc1nc2ccccc2c(=O)n1-c1cccc(Cl)c1)NCc1ccccn1. The first-order valence-electron chi connectivity index (χ1n) is 9.19. The lowest BCUT2D eigenvalue weighted by molar-refractivity contribution is -0.118. The van der Waals surface area contributed by atoms with Crippen LogP contribution in [0, 0.1) is 0 Å². The summed E-state index contributed by atoms with van der Waals surface area (Å²) in [5.41, 5.74) is 1.74. The van der Waals surface area contributed by atoms with E-state index in [9.17, 15) is 9.59 Å². The molecule has 0 saturated heterocycles. The van der Waals surface area contributed by atoms with E-state index in [1.807, 2.05) is 24.3 Å². The molecule has 4 aromatic rings. The highest BCUT2D eigenvalue weighted by molar-refractivity contribution is 7.99. The Hall–Kier alpha value is -3.16. The summed E-state index contributed by atoms with van der Waals surface area (Å²) < 4.78 is 1.49. The zero-order chi connectivity index (χ0) is 20.9. The lowest BCUT2D eigenvalue weighted by atomic mass is 10.2. The molecule has 1 amide bonds. The van der Waals surface area contributed by atoms with Crippen LogP contribution in [0.1, 0.15) is 5.69 Å². The van der Waals surface area contributed by atoms with E-state index in [0.717, 1.165) is 5.69 Å². The van der Waals surface area contributed by atoms with Crippen molar-refractivity contribution in [3.63, 3.8) is 0 Å². The summed E-state index contributed by atoms with van der Waals surface area (Å²) in [6.07, 6.45) is 1.68. The van der Waals surface area contributed by atoms with Crippen LogP contribution in [0.3, 0.4) is 0 Å². The summed E-state index contributed by atoms with van der Waals surface area (Å²) in [6, 6.07) is 19.7.